The highest BCUT2D eigenvalue weighted by molar-refractivity contribution is 5.93. The Kier molecular flexibility index (Phi) is 5.85. The predicted octanol–water partition coefficient (Wildman–Crippen LogP) is 4.69. The SMILES string of the molecule is CCC1c2cncn2-c2cnc(Nc3ccc(C(=O)NOCC4CC4)cc3)nc2N1C1CCCC1. The van der Waals surface area contributed by atoms with Gasteiger partial charge in [0.2, 0.25) is 5.95 Å². The second-order valence-electron chi connectivity index (χ2n) is 9.75. The minimum Gasteiger partial charge on any atom is -0.343 e. The molecular formula is C26H31N7O2. The summed E-state index contributed by atoms with van der Waals surface area (Å²) in [5.41, 5.74) is 6.06. The summed E-state index contributed by atoms with van der Waals surface area (Å²) in [5, 5.41) is 3.31. The molecule has 2 aromatic heterocycles. The predicted molar refractivity (Wildman–Crippen MR) is 133 cm³/mol. The molecule has 1 amide bonds. The summed E-state index contributed by atoms with van der Waals surface area (Å²) < 4.78 is 2.12. The maximum absolute atomic E-state index is 12.3. The maximum atomic E-state index is 12.3. The highest BCUT2D eigenvalue weighted by Gasteiger charge is 2.37. The van der Waals surface area contributed by atoms with E-state index < -0.39 is 0 Å². The smallest absolute Gasteiger partial charge is 0.274 e. The van der Waals surface area contributed by atoms with Crippen LogP contribution in [0.2, 0.25) is 0 Å². The first kappa shape index (κ1) is 22.0. The number of nitrogens with one attached hydrogen (secondary N) is 2. The molecule has 1 unspecified atom stereocenters. The van der Waals surface area contributed by atoms with Gasteiger partial charge in [-0.2, -0.15) is 4.98 Å². The molecule has 2 saturated carbocycles. The van der Waals surface area contributed by atoms with E-state index in [1.165, 1.54) is 44.2 Å². The van der Waals surface area contributed by atoms with Crippen LogP contribution in [0.15, 0.2) is 43.0 Å². The molecule has 0 spiro atoms. The number of rotatable bonds is 8. The van der Waals surface area contributed by atoms with E-state index in [2.05, 4.69) is 37.2 Å². The van der Waals surface area contributed by atoms with Crippen molar-refractivity contribution in [1.29, 1.82) is 0 Å². The van der Waals surface area contributed by atoms with Crippen LogP contribution in [-0.2, 0) is 4.84 Å². The number of carbonyl (C=O) groups excluding carboxylic acids is 1. The molecule has 0 bridgehead atoms. The fraction of sp³-hybridized carbons (Fsp3) is 0.462. The van der Waals surface area contributed by atoms with E-state index in [1.807, 2.05) is 30.9 Å². The van der Waals surface area contributed by atoms with Crippen LogP contribution in [0.25, 0.3) is 5.69 Å². The zero-order valence-corrected chi connectivity index (χ0v) is 20.0. The van der Waals surface area contributed by atoms with Gasteiger partial charge in [-0.05, 0) is 62.3 Å². The van der Waals surface area contributed by atoms with Crippen LogP contribution in [0.3, 0.4) is 0 Å². The number of carbonyl (C=O) groups is 1. The van der Waals surface area contributed by atoms with Crippen molar-refractivity contribution in [3.05, 3.63) is 54.2 Å². The Hall–Kier alpha value is -3.46. The molecule has 0 radical (unpaired) electrons. The van der Waals surface area contributed by atoms with Crippen LogP contribution in [0.5, 0.6) is 0 Å². The molecule has 0 saturated heterocycles. The molecule has 9 nitrogen and oxygen atoms in total. The molecule has 2 fully saturated rings. The number of hydrogen-bond acceptors (Lipinski definition) is 7. The lowest BCUT2D eigenvalue weighted by Gasteiger charge is -2.41. The van der Waals surface area contributed by atoms with E-state index in [0.717, 1.165) is 23.6 Å². The number of nitrogens with zero attached hydrogens (tertiary/aromatic N) is 5. The monoisotopic (exact) mass is 473 g/mol. The third-order valence-electron chi connectivity index (χ3n) is 7.29. The average molecular weight is 474 g/mol. The van der Waals surface area contributed by atoms with Crippen molar-refractivity contribution in [2.24, 2.45) is 5.92 Å². The molecule has 1 aromatic carbocycles. The van der Waals surface area contributed by atoms with Crippen molar-refractivity contribution >= 4 is 23.4 Å². The highest BCUT2D eigenvalue weighted by Crippen LogP contribution is 2.43. The fourth-order valence-corrected chi connectivity index (χ4v) is 5.25. The van der Waals surface area contributed by atoms with Crippen molar-refractivity contribution in [3.63, 3.8) is 0 Å². The van der Waals surface area contributed by atoms with Crippen LogP contribution < -0.4 is 15.7 Å². The summed E-state index contributed by atoms with van der Waals surface area (Å²) >= 11 is 0. The molecule has 6 rings (SSSR count). The molecule has 2 aliphatic carbocycles. The second-order valence-corrected chi connectivity index (χ2v) is 9.75. The van der Waals surface area contributed by atoms with Crippen LogP contribution in [-0.4, -0.2) is 38.1 Å². The Labute approximate surface area is 204 Å². The van der Waals surface area contributed by atoms with Gasteiger partial charge in [-0.1, -0.05) is 19.8 Å². The Morgan fingerprint density at radius 2 is 1.91 bits per heavy atom. The lowest BCUT2D eigenvalue weighted by Crippen LogP contribution is -2.41. The Morgan fingerprint density at radius 3 is 2.66 bits per heavy atom. The van der Waals surface area contributed by atoms with E-state index in [9.17, 15) is 4.79 Å². The van der Waals surface area contributed by atoms with Gasteiger partial charge in [-0.15, -0.1) is 0 Å². The van der Waals surface area contributed by atoms with Gasteiger partial charge in [-0.25, -0.2) is 15.4 Å². The number of hydrogen-bond donors (Lipinski definition) is 2. The molecule has 3 aromatic rings. The number of amides is 1. The molecule has 3 aliphatic rings. The molecule has 35 heavy (non-hydrogen) atoms. The first-order valence-corrected chi connectivity index (χ1v) is 12.7. The molecular weight excluding hydrogens is 442 g/mol. The van der Waals surface area contributed by atoms with Gasteiger partial charge < -0.3 is 10.2 Å². The average Bonchev–Trinajstić information content (AvgIpc) is 3.31. The number of anilines is 3. The zero-order chi connectivity index (χ0) is 23.8. The van der Waals surface area contributed by atoms with Gasteiger partial charge in [0.05, 0.1) is 37.1 Å². The highest BCUT2D eigenvalue weighted by atomic mass is 16.7. The van der Waals surface area contributed by atoms with Gasteiger partial charge in [-0.3, -0.25) is 14.2 Å². The van der Waals surface area contributed by atoms with Gasteiger partial charge in [0.25, 0.3) is 5.91 Å². The maximum Gasteiger partial charge on any atom is 0.274 e. The summed E-state index contributed by atoms with van der Waals surface area (Å²) in [4.78, 5) is 34.1. The summed E-state index contributed by atoms with van der Waals surface area (Å²) in [6.07, 6.45) is 13.9. The van der Waals surface area contributed by atoms with Crippen molar-refractivity contribution < 1.29 is 9.63 Å². The van der Waals surface area contributed by atoms with Gasteiger partial charge in [0.1, 0.15) is 5.69 Å². The lowest BCUT2D eigenvalue weighted by atomic mass is 10.0. The summed E-state index contributed by atoms with van der Waals surface area (Å²) in [6.45, 7) is 2.81. The fourth-order valence-electron chi connectivity index (χ4n) is 5.25. The number of fused-ring (bicyclic) bond motifs is 3. The molecule has 182 valence electrons. The molecule has 2 N–H and O–H groups in total. The third kappa shape index (κ3) is 4.36. The minimum absolute atomic E-state index is 0.240. The molecule has 9 heteroatoms. The Bertz CT molecular complexity index is 1200. The van der Waals surface area contributed by atoms with E-state index in [-0.39, 0.29) is 11.9 Å². The Balaban J connectivity index is 1.22. The number of imidazole rings is 1. The van der Waals surface area contributed by atoms with Crippen molar-refractivity contribution in [1.82, 2.24) is 25.0 Å². The summed E-state index contributed by atoms with van der Waals surface area (Å²) in [6, 6.07) is 7.98. The quantitative estimate of drug-likeness (QED) is 0.458. The second kappa shape index (κ2) is 9.30. The van der Waals surface area contributed by atoms with E-state index in [4.69, 9.17) is 9.82 Å². The number of aromatic nitrogens is 4. The number of hydroxylamine groups is 1. The topological polar surface area (TPSA) is 97.2 Å². The van der Waals surface area contributed by atoms with Crippen LogP contribution in [0.1, 0.15) is 74.0 Å². The van der Waals surface area contributed by atoms with Crippen LogP contribution >= 0.6 is 0 Å². The van der Waals surface area contributed by atoms with Gasteiger partial charge in [0.15, 0.2) is 5.82 Å². The first-order valence-electron chi connectivity index (χ1n) is 12.7. The summed E-state index contributed by atoms with van der Waals surface area (Å²) in [7, 11) is 0. The summed E-state index contributed by atoms with van der Waals surface area (Å²) in [5.74, 6) is 1.85. The van der Waals surface area contributed by atoms with Crippen LogP contribution in [0, 0.1) is 5.92 Å². The first-order chi connectivity index (χ1) is 17.2. The third-order valence-corrected chi connectivity index (χ3v) is 7.29. The minimum atomic E-state index is -0.240. The largest absolute Gasteiger partial charge is 0.343 e. The molecule has 3 heterocycles. The normalized spacial score (nSPS) is 19.3. The van der Waals surface area contributed by atoms with Crippen molar-refractivity contribution in [3.8, 4) is 5.69 Å². The molecule has 1 aliphatic heterocycles. The Morgan fingerprint density at radius 1 is 1.11 bits per heavy atom. The van der Waals surface area contributed by atoms with E-state index in [0.29, 0.717) is 30.1 Å². The number of benzene rings is 1. The van der Waals surface area contributed by atoms with Gasteiger partial charge >= 0.3 is 0 Å². The van der Waals surface area contributed by atoms with Gasteiger partial charge in [0, 0.05) is 17.3 Å². The van der Waals surface area contributed by atoms with E-state index >= 15 is 0 Å². The standard InChI is InChI=1S/C26H31N7O2/c1-2-21-22-13-27-16-32(22)23-14-28-26(30-24(23)33(21)20-5-3-4-6-20)29-19-11-9-18(10-12-19)25(34)31-35-15-17-7-8-17/h9-14,16-17,20-21H,2-8,15H2,1H3,(H,31,34)(H,28,29,30). The molecule has 1 atom stereocenters. The zero-order valence-electron chi connectivity index (χ0n) is 20.0. The van der Waals surface area contributed by atoms with E-state index in [1.54, 1.807) is 12.1 Å². The van der Waals surface area contributed by atoms with Crippen LogP contribution in [0.4, 0.5) is 17.5 Å². The van der Waals surface area contributed by atoms with Crippen molar-refractivity contribution in [2.45, 2.75) is 64.0 Å². The van der Waals surface area contributed by atoms with Crippen molar-refractivity contribution in [2.75, 3.05) is 16.8 Å². The lowest BCUT2D eigenvalue weighted by molar-refractivity contribution is 0.0270.